The number of benzene rings is 3. The smallest absolute Gasteiger partial charge is 0.813 e. The molecule has 7 N–H and O–H groups in total. The van der Waals surface area contributed by atoms with Crippen molar-refractivity contribution < 1.29 is 62.8 Å². The van der Waals surface area contributed by atoms with E-state index in [1.807, 2.05) is 103 Å². The maximum Gasteiger partial charge on any atom is 1.00 e. The normalized spacial score (nSPS) is 20.4. The van der Waals surface area contributed by atoms with Crippen LogP contribution in [-0.4, -0.2) is 162 Å². The second-order valence-electron chi connectivity index (χ2n) is 32.1. The number of fused-ring (bicyclic) bond motifs is 6. The van der Waals surface area contributed by atoms with E-state index in [4.69, 9.17) is 49.9 Å². The average molecular weight is 1900 g/mol. The number of carbonyl (C=O) groups is 2. The number of imidazole rings is 3. The summed E-state index contributed by atoms with van der Waals surface area (Å²) in [4.78, 5) is 64.4. The van der Waals surface area contributed by atoms with Crippen molar-refractivity contribution in [2.24, 2.45) is 106 Å². The first kappa shape index (κ1) is 95.4. The van der Waals surface area contributed by atoms with Gasteiger partial charge in [0, 0.05) is 139 Å². The molecule has 6 fully saturated rings. The molecule has 0 unspecified atom stereocenters. The summed E-state index contributed by atoms with van der Waals surface area (Å²) in [7, 11) is 0. The van der Waals surface area contributed by atoms with Gasteiger partial charge in [0.15, 0.2) is 11.3 Å². The molecule has 3 spiro atoms. The number of nitrogens with one attached hydrogen (secondary N) is 3. The molecule has 18 rings (SSSR count). The van der Waals surface area contributed by atoms with Gasteiger partial charge in [-0.15, -0.1) is 40.2 Å². The number of nitrogens with zero attached hydrogens (tertiary/aromatic N) is 27. The van der Waals surface area contributed by atoms with E-state index in [0.717, 1.165) is 129 Å². The number of rotatable bonds is 16. The van der Waals surface area contributed by atoms with Gasteiger partial charge in [-0.05, 0) is 264 Å². The van der Waals surface area contributed by atoms with Crippen LogP contribution in [0.3, 0.4) is 0 Å². The second-order valence-corrected chi connectivity index (χ2v) is 37.9. The van der Waals surface area contributed by atoms with Gasteiger partial charge < -0.3 is 84.6 Å². The van der Waals surface area contributed by atoms with Gasteiger partial charge in [0.2, 0.25) is 17.8 Å². The number of aromatic nitrogens is 9. The number of amides is 2. The molecule has 3 aromatic carbocycles. The van der Waals surface area contributed by atoms with Crippen molar-refractivity contribution in [3.63, 3.8) is 0 Å². The van der Waals surface area contributed by atoms with Crippen molar-refractivity contribution in [1.82, 2.24) is 53.7 Å². The molecule has 126 heavy (non-hydrogen) atoms. The van der Waals surface area contributed by atoms with E-state index in [1.54, 1.807) is 69.9 Å². The predicted octanol–water partition coefficient (Wildman–Crippen LogP) is 15.7. The Balaban J connectivity index is 0.000000150. The molecule has 9 aromatic heterocycles. The van der Waals surface area contributed by atoms with Gasteiger partial charge in [-0.1, -0.05) is 65.1 Å². The molecule has 6 saturated heterocycles. The molecule has 6 atom stereocenters. The Morgan fingerprint density at radius 2 is 0.897 bits per heavy atom. The summed E-state index contributed by atoms with van der Waals surface area (Å²) < 4.78 is 40.2. The molecule has 0 aliphatic carbocycles. The van der Waals surface area contributed by atoms with Crippen LogP contribution in [0.1, 0.15) is 101 Å². The fourth-order valence-electron chi connectivity index (χ4n) is 16.1. The van der Waals surface area contributed by atoms with Crippen molar-refractivity contribution in [1.29, 1.82) is 5.53 Å². The van der Waals surface area contributed by atoms with E-state index in [9.17, 15) is 9.59 Å². The Labute approximate surface area is 783 Å². The summed E-state index contributed by atoms with van der Waals surface area (Å²) in [6, 6.07) is 28.6. The number of nitrogens with two attached hydrogens (primary N) is 2. The number of piperidine rings is 3. The number of halogens is 1. The van der Waals surface area contributed by atoms with Crippen molar-refractivity contribution >= 4 is 164 Å². The standard InChI is InChI=1S/C28H33N5O3S2.C23H25N5OS2.C20H28N5O3.C8H5BrS.H3N17.Na.H2S/c1-18-23(31-26(34)36-27(2,3)4)28(17-35-18)9-12-32(13-10-28)25-30-16-21(24-29-11-14-33(24)25)38-20-7-5-6-19-8-15-37-22(19)20;1-15-20(24)23(14-29-15)6-9-27(10-7-23)22-26-13-18(21-25-8-11-28(21)22)31-17-4-2-3-16-5-12-30-19(16)17;1-14-16(23-18(26)28-19(2,3)4)20(13-27-14)6-10-24(11-7-20)17-22-8-5-15-21-9-12-25(15)17;9-7-3-1-2-6-4-5-10-8(6)7;1-3-5-7-9-11-13-15-17-16-14-12-10-8-6-4-2;;/h5-8,11,14-16,18,23H,9-10,12-13,17H2,1-4H3,(H,31,34);2-5,8,11-13,15,20H,6-7,9-10,14,24H2,1H3;8-9,12,14,16H,6-7,10-11,13H2,1-4H3,(H,23,26);1-5H;(H3,1,2,5,6,9,10,13,14,17);;1H2/q;;-1;;;+1;/p-1/t18-,23+;15-,20+;14-,16+;;;;/m000..../s1. The number of hydrogen-bond acceptors (Lipinski definition) is 25. The predicted molar refractivity (Wildman–Crippen MR) is 483 cm³/mol. The first-order valence-electron chi connectivity index (χ1n) is 39.9. The van der Waals surface area contributed by atoms with Gasteiger partial charge in [0.05, 0.1) is 60.0 Å². The van der Waals surface area contributed by atoms with Gasteiger partial charge in [0.25, 0.3) is 0 Å². The molecule has 0 saturated carbocycles. The van der Waals surface area contributed by atoms with E-state index < -0.39 is 11.2 Å². The summed E-state index contributed by atoms with van der Waals surface area (Å²) in [5, 5.41) is 59.7. The van der Waals surface area contributed by atoms with Crippen molar-refractivity contribution in [2.45, 2.75) is 168 Å². The first-order chi connectivity index (χ1) is 59.9. The summed E-state index contributed by atoms with van der Waals surface area (Å²) in [5.41, 5.74) is 14.2. The summed E-state index contributed by atoms with van der Waals surface area (Å²) in [6.07, 6.45) is 22.0. The zero-order valence-electron chi connectivity index (χ0n) is 70.9. The third-order valence-corrected chi connectivity index (χ3v) is 28.4. The number of carbonyl (C=O) groups excluding carboxylic acids is 2. The molecule has 15 heterocycles. The zero-order chi connectivity index (χ0) is 87.0. The van der Waals surface area contributed by atoms with Crippen LogP contribution < -0.4 is 66.5 Å². The Hall–Kier alpha value is -9.69. The monoisotopic (exact) mass is 1900 g/mol. The zero-order valence-corrected chi connectivity index (χ0v) is 79.4. The Kier molecular flexibility index (Phi) is 32.9. The molecule has 6 aliphatic rings. The molecular formula is C79H95BrN32NaO7S6-. The maximum absolute atomic E-state index is 12.6. The van der Waals surface area contributed by atoms with Crippen LogP contribution in [-0.2, 0) is 37.2 Å². The topological polar surface area (TPSA) is 466 Å². The van der Waals surface area contributed by atoms with Crippen molar-refractivity contribution in [3.05, 3.63) is 155 Å². The van der Waals surface area contributed by atoms with Crippen LogP contribution in [0.4, 0.5) is 27.4 Å². The van der Waals surface area contributed by atoms with E-state index in [0.29, 0.717) is 13.2 Å². The number of thiol groups is 1. The number of hydrogen-bond donors (Lipinski definition) is 5. The minimum absolute atomic E-state index is 0. The fraction of sp³-hybridized carbons (Fsp3) is 0.443. The Bertz CT molecular complexity index is 5890. The van der Waals surface area contributed by atoms with Crippen molar-refractivity contribution in [2.75, 3.05) is 73.8 Å². The summed E-state index contributed by atoms with van der Waals surface area (Å²) >= 11 is 12.2. The third-order valence-electron chi connectivity index (χ3n) is 22.2. The third kappa shape index (κ3) is 23.1. The maximum atomic E-state index is 12.6. The van der Waals surface area contributed by atoms with Gasteiger partial charge in [-0.3, -0.25) is 18.8 Å². The largest absolute Gasteiger partial charge is 1.00 e. The fourth-order valence-corrected chi connectivity index (χ4v) is 21.6. The number of ether oxygens (including phenoxy) is 5. The Morgan fingerprint density at radius 1 is 0.516 bits per heavy atom. The van der Waals surface area contributed by atoms with E-state index in [-0.39, 0.29) is 108 Å². The molecule has 0 bridgehead atoms. The quantitative estimate of drug-likeness (QED) is 0.0114. The van der Waals surface area contributed by atoms with Crippen LogP contribution in [0, 0.1) is 27.8 Å². The molecule has 658 valence electrons. The molecule has 0 radical (unpaired) electrons. The van der Waals surface area contributed by atoms with E-state index in [2.05, 4.69) is 251 Å². The minimum atomic E-state index is -0.536. The summed E-state index contributed by atoms with van der Waals surface area (Å²) in [6.45, 7) is 24.7. The molecule has 47 heteroatoms. The Morgan fingerprint density at radius 3 is 1.32 bits per heavy atom. The SMILES string of the molecule is Brc1cccc2ccsc12.C[C@@H]1OCC2(CCN(c3nc[c-]c4nccn34)CC2)[C@@H]1NC(=O)OC(C)(C)C.C[C@@H]1OCC2(CCN(c3ncc(Sc4cccc5ccsc45)c4nccn34)CC2)[C@@H]1N.C[C@@H]1OCC2(CCN(c3ncc(Sc4cccc5ccsc45)c4nccn34)CC2)[C@@H]1NC(=O)OC(C)(C)C.N=N/N=N/N=N/N=N/N=N/N=N/N=N/N=N/N.[Na+].[SH-]. The average Bonchev–Trinajstić information content (AvgIpc) is 1.56. The number of alkyl carbamates (subject to hydrolysis) is 2. The van der Waals surface area contributed by atoms with Crippen LogP contribution in [0.15, 0.2) is 247 Å². The van der Waals surface area contributed by atoms with Crippen LogP contribution in [0.2, 0.25) is 0 Å². The van der Waals surface area contributed by atoms with E-state index >= 15 is 0 Å². The van der Waals surface area contributed by atoms with Crippen LogP contribution in [0.5, 0.6) is 0 Å². The molecular weight excluding hydrogens is 1800 g/mol. The molecule has 2 amide bonds. The van der Waals surface area contributed by atoms with Crippen LogP contribution >= 0.6 is 73.5 Å². The second kappa shape index (κ2) is 43.4. The van der Waals surface area contributed by atoms with E-state index in [1.165, 1.54) is 44.5 Å². The first-order valence-corrected chi connectivity index (χ1v) is 44.9. The minimum Gasteiger partial charge on any atom is -0.813 e. The summed E-state index contributed by atoms with van der Waals surface area (Å²) in [5.74, 6) is 7.32. The van der Waals surface area contributed by atoms with Gasteiger partial charge in [-0.25, -0.2) is 29.5 Å². The van der Waals surface area contributed by atoms with Gasteiger partial charge in [-0.2, -0.15) is 5.53 Å². The molecule has 12 aromatic rings. The van der Waals surface area contributed by atoms with Crippen molar-refractivity contribution in [3.8, 4) is 0 Å². The molecule has 39 nitrogen and oxygen atoms in total. The number of thiophene rings is 3. The molecule has 6 aliphatic heterocycles. The van der Waals surface area contributed by atoms with Crippen LogP contribution in [0.25, 0.3) is 47.2 Å². The van der Waals surface area contributed by atoms with Gasteiger partial charge >= 0.3 is 41.7 Å². The number of anilines is 3. The van der Waals surface area contributed by atoms with Gasteiger partial charge in [0.1, 0.15) is 11.2 Å².